The van der Waals surface area contributed by atoms with Crippen LogP contribution >= 0.6 is 11.6 Å². The molecular formula is C7H6ClNO2. The van der Waals surface area contributed by atoms with Gasteiger partial charge in [0.1, 0.15) is 5.75 Å². The molecule has 4 heteroatoms. The summed E-state index contributed by atoms with van der Waals surface area (Å²) in [7, 11) is 0. The van der Waals surface area contributed by atoms with E-state index in [4.69, 9.17) is 22.4 Å². The minimum absolute atomic E-state index is 0.143. The van der Waals surface area contributed by atoms with Crippen LogP contribution in [-0.2, 0) is 0 Å². The van der Waals surface area contributed by atoms with E-state index in [1.165, 1.54) is 12.1 Å². The number of carbonyl (C=O) groups excluding carboxylic acids is 1. The number of phenols is 1. The summed E-state index contributed by atoms with van der Waals surface area (Å²) in [5.41, 5.74) is 5.74. The first kappa shape index (κ1) is 7.88. The number of hydrogen-bond acceptors (Lipinski definition) is 3. The number of benzene rings is 1. The Morgan fingerprint density at radius 1 is 1.55 bits per heavy atom. The van der Waals surface area contributed by atoms with Crippen LogP contribution < -0.4 is 5.73 Å². The first-order valence-electron chi connectivity index (χ1n) is 2.88. The average molecular weight is 172 g/mol. The molecule has 0 bridgehead atoms. The van der Waals surface area contributed by atoms with E-state index in [0.29, 0.717) is 6.29 Å². The fraction of sp³-hybridized carbons (Fsp3) is 0. The van der Waals surface area contributed by atoms with Crippen molar-refractivity contribution >= 4 is 23.6 Å². The van der Waals surface area contributed by atoms with E-state index in [9.17, 15) is 4.79 Å². The number of aromatic hydroxyl groups is 1. The fourth-order valence-corrected chi connectivity index (χ4v) is 0.860. The minimum Gasteiger partial charge on any atom is -0.507 e. The molecule has 11 heavy (non-hydrogen) atoms. The van der Waals surface area contributed by atoms with E-state index in [0.717, 1.165) is 0 Å². The highest BCUT2D eigenvalue weighted by Gasteiger charge is 2.03. The van der Waals surface area contributed by atoms with Crippen LogP contribution in [0.3, 0.4) is 0 Å². The zero-order valence-corrected chi connectivity index (χ0v) is 6.30. The molecule has 0 aliphatic heterocycles. The van der Waals surface area contributed by atoms with Crippen LogP contribution in [0.5, 0.6) is 5.75 Å². The van der Waals surface area contributed by atoms with E-state index in [-0.39, 0.29) is 22.0 Å². The lowest BCUT2D eigenvalue weighted by atomic mass is 10.2. The van der Waals surface area contributed by atoms with Crippen LogP contribution in [0.2, 0.25) is 5.02 Å². The topological polar surface area (TPSA) is 63.3 Å². The number of hydrogen-bond donors (Lipinski definition) is 2. The van der Waals surface area contributed by atoms with E-state index in [1.807, 2.05) is 0 Å². The Balaban J connectivity index is 3.31. The van der Waals surface area contributed by atoms with Crippen molar-refractivity contribution in [3.8, 4) is 5.75 Å². The lowest BCUT2D eigenvalue weighted by Crippen LogP contribution is -1.88. The summed E-state index contributed by atoms with van der Waals surface area (Å²) in [4.78, 5) is 10.2. The molecule has 0 atom stereocenters. The van der Waals surface area contributed by atoms with Gasteiger partial charge >= 0.3 is 0 Å². The van der Waals surface area contributed by atoms with Crippen LogP contribution in [0.15, 0.2) is 12.1 Å². The lowest BCUT2D eigenvalue weighted by molar-refractivity contribution is 0.112. The quantitative estimate of drug-likeness (QED) is 0.497. The lowest BCUT2D eigenvalue weighted by Gasteiger charge is -2.00. The molecule has 1 rings (SSSR count). The SMILES string of the molecule is Nc1cc(O)c(C=O)cc1Cl. The molecule has 0 amide bonds. The van der Waals surface area contributed by atoms with Gasteiger partial charge < -0.3 is 10.8 Å². The van der Waals surface area contributed by atoms with E-state index in [2.05, 4.69) is 0 Å². The number of rotatable bonds is 1. The van der Waals surface area contributed by atoms with E-state index < -0.39 is 0 Å². The first-order valence-corrected chi connectivity index (χ1v) is 3.26. The number of phenolic OH excluding ortho intramolecular Hbond substituents is 1. The molecule has 0 fully saturated rings. The fourth-order valence-electron chi connectivity index (χ4n) is 0.688. The number of aldehydes is 1. The Kier molecular flexibility index (Phi) is 2.01. The van der Waals surface area contributed by atoms with E-state index in [1.54, 1.807) is 0 Å². The molecule has 0 unspecified atom stereocenters. The predicted octanol–water partition coefficient (Wildman–Crippen LogP) is 1.44. The summed E-state index contributed by atoms with van der Waals surface area (Å²) in [6.45, 7) is 0. The van der Waals surface area contributed by atoms with Gasteiger partial charge in [-0.05, 0) is 6.07 Å². The predicted molar refractivity (Wildman–Crippen MR) is 42.9 cm³/mol. The Labute approximate surface area is 68.4 Å². The van der Waals surface area contributed by atoms with Crippen molar-refractivity contribution in [3.63, 3.8) is 0 Å². The molecule has 58 valence electrons. The molecule has 0 saturated heterocycles. The minimum atomic E-state index is -0.151. The smallest absolute Gasteiger partial charge is 0.153 e. The van der Waals surface area contributed by atoms with Gasteiger partial charge in [0.25, 0.3) is 0 Å². The second-order valence-corrected chi connectivity index (χ2v) is 2.46. The normalized spacial score (nSPS) is 9.55. The van der Waals surface area contributed by atoms with Crippen molar-refractivity contribution in [2.75, 3.05) is 5.73 Å². The molecule has 0 aliphatic carbocycles. The third kappa shape index (κ3) is 1.43. The molecule has 1 aromatic rings. The second-order valence-electron chi connectivity index (χ2n) is 2.05. The van der Waals surface area contributed by atoms with Gasteiger partial charge in [-0.3, -0.25) is 4.79 Å². The van der Waals surface area contributed by atoms with Crippen molar-refractivity contribution in [1.82, 2.24) is 0 Å². The van der Waals surface area contributed by atoms with Gasteiger partial charge in [-0.25, -0.2) is 0 Å². The van der Waals surface area contributed by atoms with Gasteiger partial charge in [0.15, 0.2) is 6.29 Å². The van der Waals surface area contributed by atoms with Crippen LogP contribution in [0.4, 0.5) is 5.69 Å². The molecular weight excluding hydrogens is 166 g/mol. The molecule has 3 N–H and O–H groups in total. The summed E-state index contributed by atoms with van der Waals surface area (Å²) in [5.74, 6) is -0.151. The molecule has 0 aliphatic rings. The third-order valence-corrected chi connectivity index (χ3v) is 1.60. The summed E-state index contributed by atoms with van der Waals surface area (Å²) in [6.07, 6.45) is 0.515. The molecule has 0 spiro atoms. The highest BCUT2D eigenvalue weighted by Crippen LogP contribution is 2.26. The number of nitrogens with two attached hydrogens (primary N) is 1. The zero-order valence-electron chi connectivity index (χ0n) is 5.54. The molecule has 0 radical (unpaired) electrons. The van der Waals surface area contributed by atoms with Gasteiger partial charge in [0, 0.05) is 6.07 Å². The second kappa shape index (κ2) is 2.80. The highest BCUT2D eigenvalue weighted by atomic mass is 35.5. The first-order chi connectivity index (χ1) is 5.15. The van der Waals surface area contributed by atoms with Gasteiger partial charge in [0.2, 0.25) is 0 Å². The maximum Gasteiger partial charge on any atom is 0.153 e. The Bertz CT molecular complexity index is 299. The molecule has 3 nitrogen and oxygen atoms in total. The number of carbonyl (C=O) groups is 1. The summed E-state index contributed by atoms with van der Waals surface area (Å²) in [6, 6.07) is 2.56. The van der Waals surface area contributed by atoms with Crippen molar-refractivity contribution < 1.29 is 9.90 Å². The average Bonchev–Trinajstić information content (AvgIpc) is 1.97. The monoisotopic (exact) mass is 171 g/mol. The molecule has 0 heterocycles. The van der Waals surface area contributed by atoms with Crippen molar-refractivity contribution in [1.29, 1.82) is 0 Å². The molecule has 0 aromatic heterocycles. The van der Waals surface area contributed by atoms with Gasteiger partial charge in [-0.15, -0.1) is 0 Å². The van der Waals surface area contributed by atoms with Crippen molar-refractivity contribution in [2.24, 2.45) is 0 Å². The summed E-state index contributed by atoms with van der Waals surface area (Å²) >= 11 is 5.57. The summed E-state index contributed by atoms with van der Waals surface area (Å²) < 4.78 is 0. The summed E-state index contributed by atoms with van der Waals surface area (Å²) in [5, 5.41) is 9.31. The maximum absolute atomic E-state index is 10.2. The Hall–Kier alpha value is -1.22. The Morgan fingerprint density at radius 3 is 2.73 bits per heavy atom. The molecule has 1 aromatic carbocycles. The number of anilines is 1. The number of halogens is 1. The molecule has 0 saturated carbocycles. The highest BCUT2D eigenvalue weighted by molar-refractivity contribution is 6.33. The largest absolute Gasteiger partial charge is 0.507 e. The maximum atomic E-state index is 10.2. The zero-order chi connectivity index (χ0) is 8.43. The van der Waals surface area contributed by atoms with Crippen LogP contribution in [0, 0.1) is 0 Å². The van der Waals surface area contributed by atoms with Crippen molar-refractivity contribution in [2.45, 2.75) is 0 Å². The standard InChI is InChI=1S/C7H6ClNO2/c8-5-1-4(3-10)7(11)2-6(5)9/h1-3,11H,9H2. The van der Waals surface area contributed by atoms with Crippen molar-refractivity contribution in [3.05, 3.63) is 22.7 Å². The van der Waals surface area contributed by atoms with Gasteiger partial charge in [-0.1, -0.05) is 11.6 Å². The third-order valence-electron chi connectivity index (χ3n) is 1.27. The van der Waals surface area contributed by atoms with Crippen LogP contribution in [0.25, 0.3) is 0 Å². The Morgan fingerprint density at radius 2 is 2.18 bits per heavy atom. The number of nitrogen functional groups attached to an aromatic ring is 1. The van der Waals surface area contributed by atoms with Crippen LogP contribution in [-0.4, -0.2) is 11.4 Å². The van der Waals surface area contributed by atoms with E-state index >= 15 is 0 Å². The van der Waals surface area contributed by atoms with Gasteiger partial charge in [-0.2, -0.15) is 0 Å². The van der Waals surface area contributed by atoms with Crippen LogP contribution in [0.1, 0.15) is 10.4 Å². The van der Waals surface area contributed by atoms with Gasteiger partial charge in [0.05, 0.1) is 16.3 Å².